The average Bonchev–Trinajstić information content (AvgIpc) is 3.10. The van der Waals surface area contributed by atoms with E-state index in [0.717, 1.165) is 31.2 Å². The van der Waals surface area contributed by atoms with Gasteiger partial charge in [0.05, 0.1) is 24.4 Å². The van der Waals surface area contributed by atoms with Gasteiger partial charge in [-0.3, -0.25) is 0 Å². The Bertz CT molecular complexity index is 757. The summed E-state index contributed by atoms with van der Waals surface area (Å²) in [6.07, 6.45) is -1.81. The normalized spacial score (nSPS) is 28.9. The number of rotatable bonds is 2. The van der Waals surface area contributed by atoms with E-state index in [-0.39, 0.29) is 24.5 Å². The fourth-order valence-electron chi connectivity index (χ4n) is 4.40. The Hall–Kier alpha value is -1.37. The van der Waals surface area contributed by atoms with Crippen LogP contribution in [-0.2, 0) is 17.3 Å². The predicted octanol–water partition coefficient (Wildman–Crippen LogP) is 5.33. The molecule has 1 aliphatic heterocycles. The molecule has 2 heterocycles. The van der Waals surface area contributed by atoms with Crippen LogP contribution in [0.5, 0.6) is 0 Å². The highest BCUT2D eigenvalue weighted by Gasteiger charge is 2.42. The van der Waals surface area contributed by atoms with Crippen LogP contribution in [0.1, 0.15) is 52.9 Å². The topological polar surface area (TPSA) is 29.5 Å². The zero-order valence-corrected chi connectivity index (χ0v) is 15.0. The van der Waals surface area contributed by atoms with E-state index in [9.17, 15) is 18.3 Å². The molecule has 1 fully saturated rings. The van der Waals surface area contributed by atoms with Crippen molar-refractivity contribution in [3.63, 3.8) is 0 Å². The average molecular weight is 382 g/mol. The smallest absolute Gasteiger partial charge is 0.394 e. The van der Waals surface area contributed by atoms with Gasteiger partial charge in [0.25, 0.3) is 0 Å². The molecule has 4 atom stereocenters. The number of fused-ring (bicyclic) bond motifs is 3. The van der Waals surface area contributed by atoms with E-state index >= 15 is 0 Å². The Balaban J connectivity index is 1.77. The molecule has 26 heavy (non-hydrogen) atoms. The van der Waals surface area contributed by atoms with Gasteiger partial charge < -0.3 is 9.84 Å². The molecule has 0 unspecified atom stereocenters. The lowest BCUT2D eigenvalue weighted by Gasteiger charge is -2.39. The van der Waals surface area contributed by atoms with Gasteiger partial charge >= 0.3 is 6.18 Å². The number of hydrogen-bond donors (Lipinski definition) is 1. The van der Waals surface area contributed by atoms with Crippen LogP contribution in [-0.4, -0.2) is 17.8 Å². The number of halogens is 3. The van der Waals surface area contributed by atoms with Crippen molar-refractivity contribution >= 4 is 11.3 Å². The largest absolute Gasteiger partial charge is 0.416 e. The van der Waals surface area contributed by atoms with Gasteiger partial charge in [0, 0.05) is 4.88 Å². The van der Waals surface area contributed by atoms with E-state index in [1.165, 1.54) is 17.0 Å². The predicted molar refractivity (Wildman–Crippen MR) is 94.2 cm³/mol. The van der Waals surface area contributed by atoms with Gasteiger partial charge in [-0.25, -0.2) is 0 Å². The maximum atomic E-state index is 13.2. The number of benzene rings is 1. The van der Waals surface area contributed by atoms with Crippen LogP contribution in [0.3, 0.4) is 0 Å². The third-order valence-electron chi connectivity index (χ3n) is 5.68. The van der Waals surface area contributed by atoms with Gasteiger partial charge in [-0.2, -0.15) is 13.2 Å². The van der Waals surface area contributed by atoms with Gasteiger partial charge in [-0.05, 0) is 72.2 Å². The third kappa shape index (κ3) is 3.30. The second kappa shape index (κ2) is 6.98. The number of alkyl halides is 3. The van der Waals surface area contributed by atoms with Crippen molar-refractivity contribution in [2.24, 2.45) is 5.92 Å². The zero-order valence-electron chi connectivity index (χ0n) is 14.2. The summed E-state index contributed by atoms with van der Waals surface area (Å²) in [6.45, 7) is -0.0960. The van der Waals surface area contributed by atoms with E-state index in [1.54, 1.807) is 17.4 Å². The van der Waals surface area contributed by atoms with Crippen LogP contribution in [0.25, 0.3) is 0 Å². The maximum Gasteiger partial charge on any atom is 0.416 e. The summed E-state index contributed by atoms with van der Waals surface area (Å²) in [5.41, 5.74) is 0.965. The minimum absolute atomic E-state index is 0.0960. The monoisotopic (exact) mass is 382 g/mol. The Labute approximate surface area is 154 Å². The zero-order chi connectivity index (χ0) is 18.3. The van der Waals surface area contributed by atoms with Gasteiger partial charge in [-0.15, -0.1) is 11.3 Å². The number of aliphatic hydroxyl groups excluding tert-OH is 1. The van der Waals surface area contributed by atoms with Crippen molar-refractivity contribution < 1.29 is 23.0 Å². The Kier molecular flexibility index (Phi) is 4.84. The number of thiophene rings is 1. The Morgan fingerprint density at radius 2 is 2.00 bits per heavy atom. The highest BCUT2D eigenvalue weighted by atomic mass is 32.1. The van der Waals surface area contributed by atoms with Crippen LogP contribution in [0.4, 0.5) is 13.2 Å². The molecule has 0 bridgehead atoms. The summed E-state index contributed by atoms with van der Waals surface area (Å²) in [5.74, 6) is 0.419. The number of aliphatic hydroxyl groups is 1. The molecule has 0 radical (unpaired) electrons. The van der Waals surface area contributed by atoms with E-state index < -0.39 is 17.8 Å². The second-order valence-electron chi connectivity index (χ2n) is 7.17. The first-order valence-electron chi connectivity index (χ1n) is 8.97. The number of hydrogen-bond acceptors (Lipinski definition) is 3. The molecule has 6 heteroatoms. The summed E-state index contributed by atoms with van der Waals surface area (Å²) in [6, 6.07) is 8.18. The summed E-state index contributed by atoms with van der Waals surface area (Å²) < 4.78 is 45.9. The SMILES string of the molecule is OC[C@@H]1CC[C@@H]2[C@@H](c3cccs3)CCc3ccc(C(F)(F)F)cc3[C@@H]2O1. The van der Waals surface area contributed by atoms with Gasteiger partial charge in [-0.1, -0.05) is 12.1 Å². The van der Waals surface area contributed by atoms with Crippen molar-refractivity contribution in [2.75, 3.05) is 6.61 Å². The molecule has 0 amide bonds. The van der Waals surface area contributed by atoms with Crippen molar-refractivity contribution in [1.29, 1.82) is 0 Å². The first-order valence-corrected chi connectivity index (χ1v) is 9.85. The maximum absolute atomic E-state index is 13.2. The molecular weight excluding hydrogens is 361 g/mol. The Morgan fingerprint density at radius 1 is 1.15 bits per heavy atom. The highest BCUT2D eigenvalue weighted by Crippen LogP contribution is 2.50. The molecule has 1 aliphatic carbocycles. The highest BCUT2D eigenvalue weighted by molar-refractivity contribution is 7.10. The second-order valence-corrected chi connectivity index (χ2v) is 8.15. The third-order valence-corrected chi connectivity index (χ3v) is 6.69. The minimum Gasteiger partial charge on any atom is -0.394 e. The molecule has 2 aromatic rings. The molecule has 1 N–H and O–H groups in total. The molecular formula is C20H21F3O2S. The molecule has 0 saturated carbocycles. The Morgan fingerprint density at radius 3 is 2.69 bits per heavy atom. The van der Waals surface area contributed by atoms with Crippen LogP contribution in [0, 0.1) is 5.92 Å². The first-order chi connectivity index (χ1) is 12.5. The molecule has 2 nitrogen and oxygen atoms in total. The lowest BCUT2D eigenvalue weighted by molar-refractivity contribution is -0.138. The molecule has 2 aliphatic rings. The number of ether oxygens (including phenoxy) is 1. The summed E-state index contributed by atoms with van der Waals surface area (Å²) in [4.78, 5) is 1.27. The molecule has 0 spiro atoms. The van der Waals surface area contributed by atoms with Crippen LogP contribution in [0.15, 0.2) is 35.7 Å². The molecule has 1 aromatic heterocycles. The van der Waals surface area contributed by atoms with Crippen molar-refractivity contribution in [1.82, 2.24) is 0 Å². The van der Waals surface area contributed by atoms with Crippen molar-refractivity contribution in [2.45, 2.75) is 50.0 Å². The molecule has 4 rings (SSSR count). The van der Waals surface area contributed by atoms with Crippen LogP contribution in [0.2, 0.25) is 0 Å². The quantitative estimate of drug-likeness (QED) is 0.761. The lowest BCUT2D eigenvalue weighted by atomic mass is 9.78. The van der Waals surface area contributed by atoms with Crippen molar-refractivity contribution in [3.05, 3.63) is 57.3 Å². The van der Waals surface area contributed by atoms with E-state index in [2.05, 4.69) is 6.07 Å². The molecule has 140 valence electrons. The van der Waals surface area contributed by atoms with E-state index in [4.69, 9.17) is 4.74 Å². The summed E-state index contributed by atoms with van der Waals surface area (Å²) in [7, 11) is 0. The standard InChI is InChI=1S/C20H21F3O2S/c21-20(22,23)13-5-3-12-4-7-15(18-2-1-9-26-18)16-8-6-14(11-24)25-19(16)17(12)10-13/h1-3,5,9-10,14-16,19,24H,4,6-8,11H2/t14-,15-,16+,19+/m0/s1. The fraction of sp³-hybridized carbons (Fsp3) is 0.500. The number of aryl methyl sites for hydroxylation is 1. The fourth-order valence-corrected chi connectivity index (χ4v) is 5.34. The van der Waals surface area contributed by atoms with Crippen LogP contribution < -0.4 is 0 Å². The minimum atomic E-state index is -4.37. The van der Waals surface area contributed by atoms with E-state index in [0.29, 0.717) is 5.56 Å². The van der Waals surface area contributed by atoms with Gasteiger partial charge in [0.2, 0.25) is 0 Å². The summed E-state index contributed by atoms with van der Waals surface area (Å²) in [5, 5.41) is 11.6. The van der Waals surface area contributed by atoms with Crippen molar-refractivity contribution in [3.8, 4) is 0 Å². The lowest BCUT2D eigenvalue weighted by Crippen LogP contribution is -2.34. The van der Waals surface area contributed by atoms with Gasteiger partial charge in [0.15, 0.2) is 0 Å². The molecule has 1 aromatic carbocycles. The molecule has 1 saturated heterocycles. The first kappa shape index (κ1) is 18.0. The van der Waals surface area contributed by atoms with Crippen LogP contribution >= 0.6 is 11.3 Å². The summed E-state index contributed by atoms with van der Waals surface area (Å²) >= 11 is 1.70. The van der Waals surface area contributed by atoms with Gasteiger partial charge in [0.1, 0.15) is 0 Å². The van der Waals surface area contributed by atoms with E-state index in [1.807, 2.05) is 11.4 Å².